The monoisotopic (exact) mass is 337 g/mol. The van der Waals surface area contributed by atoms with Gasteiger partial charge in [-0.05, 0) is 23.8 Å². The number of carbonyl (C=O) groups is 2. The number of nitrogens with zero attached hydrogens (tertiary/aromatic N) is 1. The van der Waals surface area contributed by atoms with Crippen LogP contribution in [0, 0.1) is 5.92 Å². The van der Waals surface area contributed by atoms with Crippen molar-refractivity contribution in [2.45, 2.75) is 45.6 Å². The predicted molar refractivity (Wildman–Crippen MR) is 95.9 cm³/mol. The lowest BCUT2D eigenvalue weighted by molar-refractivity contribution is -0.150. The maximum Gasteiger partial charge on any atom is 0.326 e. The van der Waals surface area contributed by atoms with Gasteiger partial charge in [0.1, 0.15) is 6.04 Å². The third-order valence-corrected chi connectivity index (χ3v) is 4.07. The highest BCUT2D eigenvalue weighted by molar-refractivity contribution is 7.80. The molecule has 4 nitrogen and oxygen atoms in total. The molecular formula is C18H27NO3S. The van der Waals surface area contributed by atoms with Crippen molar-refractivity contribution in [1.29, 1.82) is 0 Å². The SMILES string of the molecule is CC(C)CC(C(=O)O)N(CCS)C(=O)CC(C)c1ccccc1. The van der Waals surface area contributed by atoms with Gasteiger partial charge in [0, 0.05) is 18.7 Å². The number of hydrogen-bond acceptors (Lipinski definition) is 3. The normalized spacial score (nSPS) is 13.6. The third-order valence-electron chi connectivity index (χ3n) is 3.87. The minimum Gasteiger partial charge on any atom is -0.480 e. The van der Waals surface area contributed by atoms with E-state index >= 15 is 0 Å². The van der Waals surface area contributed by atoms with E-state index in [0.717, 1.165) is 5.56 Å². The van der Waals surface area contributed by atoms with Gasteiger partial charge in [-0.3, -0.25) is 4.79 Å². The van der Waals surface area contributed by atoms with Crippen LogP contribution in [-0.2, 0) is 9.59 Å². The van der Waals surface area contributed by atoms with Gasteiger partial charge in [-0.2, -0.15) is 12.6 Å². The van der Waals surface area contributed by atoms with Gasteiger partial charge in [-0.25, -0.2) is 4.79 Å². The Bertz CT molecular complexity index is 504. The number of carboxylic acid groups (broad SMARTS) is 1. The Balaban J connectivity index is 2.86. The quantitative estimate of drug-likeness (QED) is 0.679. The summed E-state index contributed by atoms with van der Waals surface area (Å²) >= 11 is 4.18. The van der Waals surface area contributed by atoms with E-state index in [0.29, 0.717) is 25.1 Å². The molecule has 1 amide bonds. The molecule has 128 valence electrons. The number of carbonyl (C=O) groups excluding carboxylic acids is 1. The molecule has 0 spiro atoms. The highest BCUT2D eigenvalue weighted by atomic mass is 32.1. The Labute approximate surface area is 144 Å². The first-order valence-corrected chi connectivity index (χ1v) is 8.68. The Morgan fingerprint density at radius 1 is 1.17 bits per heavy atom. The lowest BCUT2D eigenvalue weighted by Gasteiger charge is -2.30. The van der Waals surface area contributed by atoms with Gasteiger partial charge in [0.15, 0.2) is 0 Å². The molecule has 0 bridgehead atoms. The first-order valence-electron chi connectivity index (χ1n) is 8.04. The molecule has 0 aliphatic heterocycles. The number of aliphatic carboxylic acids is 1. The van der Waals surface area contributed by atoms with Crippen LogP contribution in [0.5, 0.6) is 0 Å². The molecule has 0 aliphatic carbocycles. The summed E-state index contributed by atoms with van der Waals surface area (Å²) < 4.78 is 0. The lowest BCUT2D eigenvalue weighted by atomic mass is 9.96. The Kier molecular flexibility index (Phi) is 8.17. The van der Waals surface area contributed by atoms with E-state index in [4.69, 9.17) is 0 Å². The molecule has 0 fully saturated rings. The van der Waals surface area contributed by atoms with Crippen LogP contribution in [-0.4, -0.2) is 40.2 Å². The van der Waals surface area contributed by atoms with Crippen LogP contribution in [0.3, 0.4) is 0 Å². The average Bonchev–Trinajstić information content (AvgIpc) is 2.51. The first kappa shape index (κ1) is 19.6. The summed E-state index contributed by atoms with van der Waals surface area (Å²) in [5.41, 5.74) is 1.09. The fourth-order valence-electron chi connectivity index (χ4n) is 2.65. The number of benzene rings is 1. The zero-order chi connectivity index (χ0) is 17.4. The topological polar surface area (TPSA) is 57.6 Å². The molecule has 23 heavy (non-hydrogen) atoms. The molecule has 2 atom stereocenters. The van der Waals surface area contributed by atoms with Crippen molar-refractivity contribution < 1.29 is 14.7 Å². The molecule has 1 aromatic rings. The second-order valence-corrected chi connectivity index (χ2v) is 6.76. The van der Waals surface area contributed by atoms with Gasteiger partial charge < -0.3 is 10.0 Å². The summed E-state index contributed by atoms with van der Waals surface area (Å²) in [6.07, 6.45) is 0.758. The Morgan fingerprint density at radius 2 is 1.78 bits per heavy atom. The van der Waals surface area contributed by atoms with Crippen molar-refractivity contribution in [3.63, 3.8) is 0 Å². The van der Waals surface area contributed by atoms with Gasteiger partial charge in [-0.1, -0.05) is 51.1 Å². The van der Waals surface area contributed by atoms with Gasteiger partial charge in [-0.15, -0.1) is 0 Å². The molecule has 1 aromatic carbocycles. The summed E-state index contributed by atoms with van der Waals surface area (Å²) in [6, 6.07) is 9.03. The van der Waals surface area contributed by atoms with E-state index in [1.807, 2.05) is 51.1 Å². The predicted octanol–water partition coefficient (Wildman–Crippen LogP) is 3.44. The molecule has 0 aromatic heterocycles. The van der Waals surface area contributed by atoms with E-state index < -0.39 is 12.0 Å². The molecule has 0 saturated heterocycles. The second-order valence-electron chi connectivity index (χ2n) is 6.31. The van der Waals surface area contributed by atoms with E-state index in [9.17, 15) is 14.7 Å². The van der Waals surface area contributed by atoms with E-state index in [2.05, 4.69) is 12.6 Å². The van der Waals surface area contributed by atoms with Gasteiger partial charge >= 0.3 is 5.97 Å². The molecule has 1 rings (SSSR count). The van der Waals surface area contributed by atoms with Crippen LogP contribution >= 0.6 is 12.6 Å². The van der Waals surface area contributed by atoms with E-state index in [1.165, 1.54) is 4.90 Å². The number of amides is 1. The summed E-state index contributed by atoms with van der Waals surface area (Å²) in [6.45, 7) is 6.27. The van der Waals surface area contributed by atoms with E-state index in [1.54, 1.807) is 0 Å². The Hall–Kier alpha value is -1.49. The fraction of sp³-hybridized carbons (Fsp3) is 0.556. The highest BCUT2D eigenvalue weighted by Crippen LogP contribution is 2.22. The lowest BCUT2D eigenvalue weighted by Crippen LogP contribution is -2.47. The van der Waals surface area contributed by atoms with Crippen LogP contribution in [0.2, 0.25) is 0 Å². The molecule has 0 radical (unpaired) electrons. The Morgan fingerprint density at radius 3 is 2.26 bits per heavy atom. The van der Waals surface area contributed by atoms with Crippen molar-refractivity contribution >= 4 is 24.5 Å². The smallest absolute Gasteiger partial charge is 0.326 e. The number of rotatable bonds is 9. The minimum absolute atomic E-state index is 0.0552. The van der Waals surface area contributed by atoms with Crippen molar-refractivity contribution in [3.05, 3.63) is 35.9 Å². The van der Waals surface area contributed by atoms with Crippen molar-refractivity contribution in [2.24, 2.45) is 5.92 Å². The highest BCUT2D eigenvalue weighted by Gasteiger charge is 2.30. The van der Waals surface area contributed by atoms with Crippen molar-refractivity contribution in [3.8, 4) is 0 Å². The summed E-state index contributed by atoms with van der Waals surface area (Å²) in [5, 5.41) is 9.50. The number of hydrogen-bond donors (Lipinski definition) is 2. The molecule has 1 N–H and O–H groups in total. The molecule has 2 unspecified atom stereocenters. The summed E-state index contributed by atoms with van der Waals surface area (Å²) in [5.74, 6) is -0.352. The number of carboxylic acids is 1. The third kappa shape index (κ3) is 6.26. The van der Waals surface area contributed by atoms with Crippen LogP contribution in [0.15, 0.2) is 30.3 Å². The fourth-order valence-corrected chi connectivity index (χ4v) is 2.86. The maximum atomic E-state index is 12.7. The molecule has 0 heterocycles. The van der Waals surface area contributed by atoms with Gasteiger partial charge in [0.05, 0.1) is 0 Å². The zero-order valence-electron chi connectivity index (χ0n) is 14.1. The summed E-state index contributed by atoms with van der Waals surface area (Å²) in [4.78, 5) is 25.7. The van der Waals surface area contributed by atoms with Gasteiger partial charge in [0.2, 0.25) is 5.91 Å². The van der Waals surface area contributed by atoms with E-state index in [-0.39, 0.29) is 17.7 Å². The second kappa shape index (κ2) is 9.60. The van der Waals surface area contributed by atoms with Crippen LogP contribution < -0.4 is 0 Å². The van der Waals surface area contributed by atoms with Crippen molar-refractivity contribution in [2.75, 3.05) is 12.3 Å². The maximum absolute atomic E-state index is 12.7. The minimum atomic E-state index is -0.943. The zero-order valence-corrected chi connectivity index (χ0v) is 15.0. The summed E-state index contributed by atoms with van der Waals surface area (Å²) in [7, 11) is 0. The van der Waals surface area contributed by atoms with Crippen LogP contribution in [0.1, 0.15) is 45.1 Å². The van der Waals surface area contributed by atoms with Gasteiger partial charge in [0.25, 0.3) is 0 Å². The van der Waals surface area contributed by atoms with Crippen molar-refractivity contribution in [1.82, 2.24) is 4.90 Å². The molecule has 0 saturated carbocycles. The standard InChI is InChI=1S/C18H27NO3S/c1-13(2)11-16(18(21)22)19(9-10-23)17(20)12-14(3)15-7-5-4-6-8-15/h4-8,13-14,16,23H,9-12H2,1-3H3,(H,21,22). The largest absolute Gasteiger partial charge is 0.480 e. The average molecular weight is 337 g/mol. The molecule has 0 aliphatic rings. The van der Waals surface area contributed by atoms with Crippen LogP contribution in [0.4, 0.5) is 0 Å². The molecular weight excluding hydrogens is 310 g/mol. The molecule has 5 heteroatoms. The first-order chi connectivity index (χ1) is 10.9. The number of thiol groups is 1. The van der Waals surface area contributed by atoms with Crippen LogP contribution in [0.25, 0.3) is 0 Å².